The van der Waals surface area contributed by atoms with Gasteiger partial charge in [0, 0.05) is 6.07 Å². The SMILES string of the molecule is NS(=O)(=O)c1ccccc1NC(=O)c1cccc(=O)[nH]1. The molecule has 4 N–H and O–H groups in total. The van der Waals surface area contributed by atoms with E-state index in [-0.39, 0.29) is 16.3 Å². The van der Waals surface area contributed by atoms with Crippen LogP contribution in [0.25, 0.3) is 0 Å². The first-order valence-corrected chi connectivity index (χ1v) is 7.05. The minimum Gasteiger partial charge on any atom is -0.319 e. The van der Waals surface area contributed by atoms with Crippen LogP contribution < -0.4 is 16.0 Å². The number of pyridine rings is 1. The van der Waals surface area contributed by atoms with E-state index in [0.717, 1.165) is 0 Å². The molecule has 7 nitrogen and oxygen atoms in total. The Bertz CT molecular complexity index is 811. The molecule has 1 aromatic heterocycles. The molecule has 2 rings (SSSR count). The highest BCUT2D eigenvalue weighted by molar-refractivity contribution is 7.89. The summed E-state index contributed by atoms with van der Waals surface area (Å²) in [7, 11) is -3.96. The van der Waals surface area contributed by atoms with E-state index in [1.165, 1.54) is 36.4 Å². The van der Waals surface area contributed by atoms with Crippen LogP contribution in [0.1, 0.15) is 10.5 Å². The lowest BCUT2D eigenvalue weighted by molar-refractivity contribution is 0.102. The van der Waals surface area contributed by atoms with E-state index in [0.29, 0.717) is 0 Å². The molecular weight excluding hydrogens is 282 g/mol. The molecule has 0 unspecified atom stereocenters. The number of carbonyl (C=O) groups is 1. The Hall–Kier alpha value is -2.45. The van der Waals surface area contributed by atoms with Gasteiger partial charge in [0.25, 0.3) is 5.91 Å². The molecule has 0 atom stereocenters. The lowest BCUT2D eigenvalue weighted by Crippen LogP contribution is -2.20. The third kappa shape index (κ3) is 3.11. The summed E-state index contributed by atoms with van der Waals surface area (Å²) in [6, 6.07) is 9.79. The molecule has 0 radical (unpaired) electrons. The van der Waals surface area contributed by atoms with Gasteiger partial charge in [-0.25, -0.2) is 13.6 Å². The largest absolute Gasteiger partial charge is 0.319 e. The maximum atomic E-state index is 11.9. The fourth-order valence-electron chi connectivity index (χ4n) is 1.59. The molecule has 0 aliphatic heterocycles. The predicted molar refractivity (Wildman–Crippen MR) is 72.8 cm³/mol. The summed E-state index contributed by atoms with van der Waals surface area (Å²) < 4.78 is 22.8. The van der Waals surface area contributed by atoms with Crippen LogP contribution in [0.4, 0.5) is 5.69 Å². The fourth-order valence-corrected chi connectivity index (χ4v) is 2.28. The van der Waals surface area contributed by atoms with Crippen molar-refractivity contribution in [3.63, 3.8) is 0 Å². The predicted octanol–water partition coefficient (Wildman–Crippen LogP) is 0.275. The number of hydrogen-bond donors (Lipinski definition) is 3. The zero-order valence-electron chi connectivity index (χ0n) is 10.2. The molecule has 0 saturated carbocycles. The molecule has 8 heteroatoms. The number of anilines is 1. The average molecular weight is 293 g/mol. The Morgan fingerprint density at radius 3 is 2.45 bits per heavy atom. The maximum Gasteiger partial charge on any atom is 0.272 e. The maximum absolute atomic E-state index is 11.9. The van der Waals surface area contributed by atoms with E-state index < -0.39 is 21.5 Å². The Labute approximate surface area is 114 Å². The highest BCUT2D eigenvalue weighted by Crippen LogP contribution is 2.19. The third-order valence-corrected chi connectivity index (χ3v) is 3.42. The topological polar surface area (TPSA) is 122 Å². The van der Waals surface area contributed by atoms with Crippen molar-refractivity contribution in [1.82, 2.24) is 4.98 Å². The molecule has 104 valence electrons. The molecular formula is C12H11N3O4S. The molecule has 0 aliphatic carbocycles. The van der Waals surface area contributed by atoms with Gasteiger partial charge in [-0.15, -0.1) is 0 Å². The number of sulfonamides is 1. The molecule has 0 fully saturated rings. The molecule has 0 saturated heterocycles. The lowest BCUT2D eigenvalue weighted by atomic mass is 10.3. The van der Waals surface area contributed by atoms with Gasteiger partial charge in [-0.3, -0.25) is 9.59 Å². The first-order chi connectivity index (χ1) is 9.38. The van der Waals surface area contributed by atoms with Gasteiger partial charge in [-0.1, -0.05) is 18.2 Å². The number of aromatic amines is 1. The highest BCUT2D eigenvalue weighted by Gasteiger charge is 2.16. The first kappa shape index (κ1) is 14.0. The van der Waals surface area contributed by atoms with Crippen molar-refractivity contribution < 1.29 is 13.2 Å². The smallest absolute Gasteiger partial charge is 0.272 e. The van der Waals surface area contributed by atoms with Gasteiger partial charge in [0.15, 0.2) is 0 Å². The van der Waals surface area contributed by atoms with Crippen LogP contribution in [-0.4, -0.2) is 19.3 Å². The minimum atomic E-state index is -3.96. The number of nitrogens with one attached hydrogen (secondary N) is 2. The van der Waals surface area contributed by atoms with E-state index in [1.807, 2.05) is 0 Å². The summed E-state index contributed by atoms with van der Waals surface area (Å²) in [6.45, 7) is 0. The number of amides is 1. The molecule has 1 aromatic carbocycles. The van der Waals surface area contributed by atoms with Crippen molar-refractivity contribution >= 4 is 21.6 Å². The molecule has 0 spiro atoms. The molecule has 20 heavy (non-hydrogen) atoms. The number of primary sulfonamides is 1. The third-order valence-electron chi connectivity index (χ3n) is 2.45. The van der Waals surface area contributed by atoms with Crippen molar-refractivity contribution in [2.24, 2.45) is 5.14 Å². The summed E-state index contributed by atoms with van der Waals surface area (Å²) >= 11 is 0. The molecule has 1 amide bonds. The van der Waals surface area contributed by atoms with Crippen LogP contribution in [0, 0.1) is 0 Å². The number of benzene rings is 1. The second kappa shape index (κ2) is 5.27. The Balaban J connectivity index is 2.36. The van der Waals surface area contributed by atoms with E-state index in [9.17, 15) is 18.0 Å². The number of nitrogens with two attached hydrogens (primary N) is 1. The lowest BCUT2D eigenvalue weighted by Gasteiger charge is -2.09. The van der Waals surface area contributed by atoms with Crippen LogP contribution >= 0.6 is 0 Å². The van der Waals surface area contributed by atoms with E-state index in [4.69, 9.17) is 5.14 Å². The summed E-state index contributed by atoms with van der Waals surface area (Å²) in [5.41, 5.74) is -0.371. The number of hydrogen-bond acceptors (Lipinski definition) is 4. The molecule has 2 aromatic rings. The Morgan fingerprint density at radius 1 is 1.10 bits per heavy atom. The van der Waals surface area contributed by atoms with Gasteiger partial charge >= 0.3 is 0 Å². The van der Waals surface area contributed by atoms with Crippen LogP contribution in [0.15, 0.2) is 52.2 Å². The highest BCUT2D eigenvalue weighted by atomic mass is 32.2. The van der Waals surface area contributed by atoms with Crippen molar-refractivity contribution in [2.45, 2.75) is 4.90 Å². The summed E-state index contributed by atoms with van der Waals surface area (Å²) in [5, 5.41) is 7.45. The Morgan fingerprint density at radius 2 is 1.80 bits per heavy atom. The molecule has 0 aliphatic rings. The van der Waals surface area contributed by atoms with E-state index in [1.54, 1.807) is 6.07 Å². The van der Waals surface area contributed by atoms with Gasteiger partial charge in [0.05, 0.1) is 5.69 Å². The number of carbonyl (C=O) groups excluding carboxylic acids is 1. The van der Waals surface area contributed by atoms with Crippen LogP contribution in [0.3, 0.4) is 0 Å². The number of H-pyrrole nitrogens is 1. The fraction of sp³-hybridized carbons (Fsp3) is 0. The van der Waals surface area contributed by atoms with Crippen LogP contribution in [0.2, 0.25) is 0 Å². The minimum absolute atomic E-state index is 0.0155. The van der Waals surface area contributed by atoms with Crippen molar-refractivity contribution in [2.75, 3.05) is 5.32 Å². The first-order valence-electron chi connectivity index (χ1n) is 5.50. The van der Waals surface area contributed by atoms with E-state index in [2.05, 4.69) is 10.3 Å². The van der Waals surface area contributed by atoms with Gasteiger partial charge in [0.1, 0.15) is 10.6 Å². The van der Waals surface area contributed by atoms with Crippen molar-refractivity contribution in [3.05, 3.63) is 58.5 Å². The number of aromatic nitrogens is 1. The monoisotopic (exact) mass is 293 g/mol. The van der Waals surface area contributed by atoms with Crippen LogP contribution in [-0.2, 0) is 10.0 Å². The molecule has 0 bridgehead atoms. The van der Waals surface area contributed by atoms with Gasteiger partial charge in [-0.05, 0) is 18.2 Å². The average Bonchev–Trinajstić information content (AvgIpc) is 2.38. The quantitative estimate of drug-likeness (QED) is 0.752. The zero-order chi connectivity index (χ0) is 14.8. The molecule has 1 heterocycles. The number of para-hydroxylation sites is 1. The second-order valence-electron chi connectivity index (χ2n) is 3.92. The zero-order valence-corrected chi connectivity index (χ0v) is 11.0. The standard InChI is InChI=1S/C12H11N3O4S/c13-20(18,19)10-6-2-1-4-8(10)15-12(17)9-5-3-7-11(16)14-9/h1-7H,(H,14,16)(H,15,17)(H2,13,18,19). The summed E-state index contributed by atoms with van der Waals surface area (Å²) in [5.74, 6) is -0.640. The van der Waals surface area contributed by atoms with Crippen molar-refractivity contribution in [3.8, 4) is 0 Å². The number of rotatable bonds is 3. The second-order valence-corrected chi connectivity index (χ2v) is 5.45. The summed E-state index contributed by atoms with van der Waals surface area (Å²) in [4.78, 5) is 25.2. The normalized spacial score (nSPS) is 11.1. The van der Waals surface area contributed by atoms with Gasteiger partial charge < -0.3 is 10.3 Å². The van der Waals surface area contributed by atoms with E-state index >= 15 is 0 Å². The van der Waals surface area contributed by atoms with Crippen LogP contribution in [0.5, 0.6) is 0 Å². The van der Waals surface area contributed by atoms with Gasteiger partial charge in [-0.2, -0.15) is 0 Å². The Kier molecular flexibility index (Phi) is 3.68. The van der Waals surface area contributed by atoms with Gasteiger partial charge in [0.2, 0.25) is 15.6 Å². The summed E-state index contributed by atoms with van der Waals surface area (Å²) in [6.07, 6.45) is 0. The van der Waals surface area contributed by atoms with Crippen molar-refractivity contribution in [1.29, 1.82) is 0 Å².